The van der Waals surface area contributed by atoms with Crippen LogP contribution in [-0.4, -0.2) is 47.6 Å². The van der Waals surface area contributed by atoms with E-state index in [1.165, 1.54) is 0 Å². The van der Waals surface area contributed by atoms with Crippen LogP contribution in [0.15, 0.2) is 0 Å². The topological polar surface area (TPSA) is 58.6 Å². The molecule has 1 aliphatic heterocycles. The number of hydrogen-bond acceptors (Lipinski definition) is 3. The molecule has 0 radical (unpaired) electrons. The first-order chi connectivity index (χ1) is 9.94. The van der Waals surface area contributed by atoms with E-state index in [1.807, 2.05) is 25.7 Å². The third kappa shape index (κ3) is 2.68. The Morgan fingerprint density at radius 1 is 1.29 bits per heavy atom. The van der Waals surface area contributed by atoms with Crippen LogP contribution >= 0.6 is 0 Å². The molecule has 3 rings (SSSR count). The summed E-state index contributed by atoms with van der Waals surface area (Å²) in [5.41, 5.74) is -0.678. The fraction of sp³-hybridized carbons (Fsp3) is 0.875. The van der Waals surface area contributed by atoms with Crippen LogP contribution in [0, 0.1) is 11.8 Å². The van der Waals surface area contributed by atoms with E-state index in [-0.39, 0.29) is 24.0 Å². The van der Waals surface area contributed by atoms with Crippen molar-refractivity contribution in [3.63, 3.8) is 0 Å². The van der Waals surface area contributed by atoms with Gasteiger partial charge in [-0.05, 0) is 58.3 Å². The first kappa shape index (κ1) is 14.8. The molecule has 3 aliphatic rings. The molecule has 2 saturated carbocycles. The number of carbonyl (C=O) groups is 2. The Morgan fingerprint density at radius 2 is 1.95 bits per heavy atom. The van der Waals surface area contributed by atoms with Gasteiger partial charge in [-0.3, -0.25) is 9.59 Å². The van der Waals surface area contributed by atoms with Crippen molar-refractivity contribution in [3.05, 3.63) is 0 Å². The lowest BCUT2D eigenvalue weighted by Crippen LogP contribution is -2.71. The highest BCUT2D eigenvalue weighted by molar-refractivity contribution is 6.00. The predicted molar refractivity (Wildman–Crippen MR) is 78.6 cm³/mol. The van der Waals surface area contributed by atoms with E-state index in [0.717, 1.165) is 25.7 Å². The molecule has 2 unspecified atom stereocenters. The SMILES string of the molecule is CC(C)OCCN1C(=O)C(C2CC2)NC(=O)C1(C)C1CC1. The second-order valence-corrected chi connectivity index (χ2v) is 7.12. The van der Waals surface area contributed by atoms with Crippen LogP contribution in [0.4, 0.5) is 0 Å². The summed E-state index contributed by atoms with van der Waals surface area (Å²) >= 11 is 0. The van der Waals surface area contributed by atoms with Crippen molar-refractivity contribution in [2.45, 2.75) is 64.1 Å². The number of piperazine rings is 1. The minimum Gasteiger partial charge on any atom is -0.377 e. The van der Waals surface area contributed by atoms with Gasteiger partial charge in [-0.2, -0.15) is 0 Å². The Kier molecular flexibility index (Phi) is 3.72. The van der Waals surface area contributed by atoms with E-state index in [1.54, 1.807) is 0 Å². The Hall–Kier alpha value is -1.10. The van der Waals surface area contributed by atoms with Gasteiger partial charge < -0.3 is 15.0 Å². The number of ether oxygens (including phenoxy) is 1. The van der Waals surface area contributed by atoms with Crippen molar-refractivity contribution < 1.29 is 14.3 Å². The molecule has 118 valence electrons. The van der Waals surface area contributed by atoms with Crippen LogP contribution in [0.1, 0.15) is 46.5 Å². The number of amides is 2. The quantitative estimate of drug-likeness (QED) is 0.804. The minimum atomic E-state index is -0.678. The van der Waals surface area contributed by atoms with Crippen molar-refractivity contribution in [1.29, 1.82) is 0 Å². The molecule has 5 heteroatoms. The molecule has 1 N–H and O–H groups in total. The van der Waals surface area contributed by atoms with Crippen molar-refractivity contribution in [1.82, 2.24) is 10.2 Å². The van der Waals surface area contributed by atoms with Crippen LogP contribution < -0.4 is 5.32 Å². The summed E-state index contributed by atoms with van der Waals surface area (Å²) in [4.78, 5) is 27.3. The molecular formula is C16H26N2O3. The molecule has 0 aromatic carbocycles. The first-order valence-corrected chi connectivity index (χ1v) is 8.18. The summed E-state index contributed by atoms with van der Waals surface area (Å²) in [5, 5.41) is 3.00. The van der Waals surface area contributed by atoms with Gasteiger partial charge in [0.25, 0.3) is 0 Å². The maximum absolute atomic E-state index is 12.8. The van der Waals surface area contributed by atoms with Crippen LogP contribution in [0.3, 0.4) is 0 Å². The monoisotopic (exact) mass is 294 g/mol. The summed E-state index contributed by atoms with van der Waals surface area (Å²) in [6.07, 6.45) is 4.31. The predicted octanol–water partition coefficient (Wildman–Crippen LogP) is 1.32. The summed E-state index contributed by atoms with van der Waals surface area (Å²) in [6.45, 7) is 6.91. The smallest absolute Gasteiger partial charge is 0.246 e. The number of nitrogens with one attached hydrogen (secondary N) is 1. The zero-order valence-corrected chi connectivity index (χ0v) is 13.2. The van der Waals surface area contributed by atoms with Crippen LogP contribution in [-0.2, 0) is 14.3 Å². The number of carbonyl (C=O) groups excluding carboxylic acids is 2. The fourth-order valence-electron chi connectivity index (χ4n) is 3.39. The minimum absolute atomic E-state index is 0.0334. The van der Waals surface area contributed by atoms with Gasteiger partial charge in [0.1, 0.15) is 11.6 Å². The second kappa shape index (κ2) is 5.27. The maximum atomic E-state index is 12.8. The number of rotatable bonds is 6. The lowest BCUT2D eigenvalue weighted by Gasteiger charge is -2.47. The normalized spacial score (nSPS) is 33.5. The molecule has 2 aliphatic carbocycles. The highest BCUT2D eigenvalue weighted by Crippen LogP contribution is 2.46. The Labute approximate surface area is 126 Å². The zero-order chi connectivity index (χ0) is 15.2. The molecule has 2 amide bonds. The average Bonchev–Trinajstić information content (AvgIpc) is 3.28. The molecule has 21 heavy (non-hydrogen) atoms. The average molecular weight is 294 g/mol. The molecule has 1 saturated heterocycles. The summed E-state index contributed by atoms with van der Waals surface area (Å²) < 4.78 is 5.61. The van der Waals surface area contributed by atoms with E-state index in [9.17, 15) is 9.59 Å². The van der Waals surface area contributed by atoms with E-state index in [2.05, 4.69) is 5.32 Å². The van der Waals surface area contributed by atoms with E-state index in [4.69, 9.17) is 4.74 Å². The van der Waals surface area contributed by atoms with Crippen LogP contribution in [0.2, 0.25) is 0 Å². The fourth-order valence-corrected chi connectivity index (χ4v) is 3.39. The van der Waals surface area contributed by atoms with Crippen molar-refractivity contribution in [2.24, 2.45) is 11.8 Å². The largest absolute Gasteiger partial charge is 0.377 e. The Bertz CT molecular complexity index is 443. The van der Waals surface area contributed by atoms with Gasteiger partial charge in [0.05, 0.1) is 12.7 Å². The first-order valence-electron chi connectivity index (χ1n) is 8.18. The maximum Gasteiger partial charge on any atom is 0.246 e. The Balaban J connectivity index is 1.77. The van der Waals surface area contributed by atoms with Gasteiger partial charge >= 0.3 is 0 Å². The molecule has 5 nitrogen and oxygen atoms in total. The van der Waals surface area contributed by atoms with E-state index < -0.39 is 5.54 Å². The van der Waals surface area contributed by atoms with Crippen molar-refractivity contribution in [2.75, 3.05) is 13.2 Å². The lowest BCUT2D eigenvalue weighted by atomic mass is 9.87. The molecule has 3 fully saturated rings. The number of nitrogens with zero attached hydrogens (tertiary/aromatic N) is 1. The van der Waals surface area contributed by atoms with Gasteiger partial charge in [0, 0.05) is 6.54 Å². The van der Waals surface area contributed by atoms with Gasteiger partial charge in [-0.15, -0.1) is 0 Å². The Morgan fingerprint density at radius 3 is 2.48 bits per heavy atom. The van der Waals surface area contributed by atoms with Gasteiger partial charge in [-0.25, -0.2) is 0 Å². The van der Waals surface area contributed by atoms with Crippen molar-refractivity contribution >= 4 is 11.8 Å². The lowest BCUT2D eigenvalue weighted by molar-refractivity contribution is -0.160. The molecule has 0 bridgehead atoms. The third-order valence-electron chi connectivity index (χ3n) is 5.07. The summed E-state index contributed by atoms with van der Waals surface area (Å²) in [5.74, 6) is 0.782. The van der Waals surface area contributed by atoms with Crippen molar-refractivity contribution in [3.8, 4) is 0 Å². The highest BCUT2D eigenvalue weighted by Gasteiger charge is 2.58. The molecule has 1 heterocycles. The van der Waals surface area contributed by atoms with Gasteiger partial charge in [0.2, 0.25) is 11.8 Å². The van der Waals surface area contributed by atoms with Crippen LogP contribution in [0.25, 0.3) is 0 Å². The second-order valence-electron chi connectivity index (χ2n) is 7.12. The highest BCUT2D eigenvalue weighted by atomic mass is 16.5. The molecule has 0 aromatic rings. The molecule has 2 atom stereocenters. The zero-order valence-electron chi connectivity index (χ0n) is 13.2. The van der Waals surface area contributed by atoms with E-state index >= 15 is 0 Å². The standard InChI is InChI=1S/C16H26N2O3/c1-10(2)21-9-8-18-14(19)13(11-4-5-11)17-15(20)16(18,3)12-6-7-12/h10-13H,4-9H2,1-3H3,(H,17,20). The molecular weight excluding hydrogens is 268 g/mol. The van der Waals surface area contributed by atoms with Gasteiger partial charge in [0.15, 0.2) is 0 Å². The van der Waals surface area contributed by atoms with Crippen LogP contribution in [0.5, 0.6) is 0 Å². The molecule has 0 spiro atoms. The van der Waals surface area contributed by atoms with E-state index in [0.29, 0.717) is 25.0 Å². The molecule has 0 aromatic heterocycles. The van der Waals surface area contributed by atoms with Gasteiger partial charge in [-0.1, -0.05) is 0 Å². The summed E-state index contributed by atoms with van der Waals surface area (Å²) in [7, 11) is 0. The summed E-state index contributed by atoms with van der Waals surface area (Å²) in [6, 6.07) is -0.302. The third-order valence-corrected chi connectivity index (χ3v) is 5.07. The number of hydrogen-bond donors (Lipinski definition) is 1.